The molecule has 0 bridgehead atoms. The molecule has 1 fully saturated rings. The van der Waals surface area contributed by atoms with E-state index >= 15 is 0 Å². The minimum atomic E-state index is -0.669. The topological polar surface area (TPSA) is 108 Å². The largest absolute Gasteiger partial charge is 0.497 e. The van der Waals surface area contributed by atoms with Gasteiger partial charge in [0.1, 0.15) is 17.5 Å². The van der Waals surface area contributed by atoms with Crippen LogP contribution < -0.4 is 15.2 Å². The Balaban J connectivity index is 1.93. The summed E-state index contributed by atoms with van der Waals surface area (Å²) in [6.07, 6.45) is 4.91. The Kier molecular flexibility index (Phi) is 7.22. The minimum absolute atomic E-state index is 0.428. The standard InChI is InChI=1S/C19H24N2O6/c1-25-14-9-13(10-15(11-14)26-2)6-7-18(23)27-12-17(22)21-8-4-3-5-16(21)19(20)24/h6-7,9-11,16H,3-5,8,12H2,1-2H3,(H2,20,24)/b7-6+/t16-/m1/s1. The number of primary amides is 1. The van der Waals surface area contributed by atoms with Crippen LogP contribution in [0.1, 0.15) is 24.8 Å². The number of nitrogens with two attached hydrogens (primary N) is 1. The number of piperidine rings is 1. The summed E-state index contributed by atoms with van der Waals surface area (Å²) in [4.78, 5) is 37.0. The first-order valence-corrected chi connectivity index (χ1v) is 8.61. The van der Waals surface area contributed by atoms with E-state index in [4.69, 9.17) is 19.9 Å². The fraction of sp³-hybridized carbons (Fsp3) is 0.421. The lowest BCUT2D eigenvalue weighted by Gasteiger charge is -2.33. The Morgan fingerprint density at radius 1 is 1.15 bits per heavy atom. The van der Waals surface area contributed by atoms with E-state index < -0.39 is 30.4 Å². The van der Waals surface area contributed by atoms with Gasteiger partial charge in [-0.15, -0.1) is 0 Å². The molecule has 1 aromatic rings. The van der Waals surface area contributed by atoms with Crippen LogP contribution >= 0.6 is 0 Å². The number of methoxy groups -OCH3 is 2. The van der Waals surface area contributed by atoms with Crippen LogP contribution in [0.25, 0.3) is 6.08 Å². The molecule has 1 heterocycles. The molecule has 0 saturated carbocycles. The molecule has 2 amide bonds. The zero-order valence-corrected chi connectivity index (χ0v) is 15.5. The summed E-state index contributed by atoms with van der Waals surface area (Å²) in [7, 11) is 3.06. The Bertz CT molecular complexity index is 709. The molecule has 1 saturated heterocycles. The summed E-state index contributed by atoms with van der Waals surface area (Å²) in [5.74, 6) is -0.470. The van der Waals surface area contributed by atoms with E-state index in [1.807, 2.05) is 0 Å². The van der Waals surface area contributed by atoms with Crippen LogP contribution in [0.4, 0.5) is 0 Å². The molecule has 1 aliphatic rings. The van der Waals surface area contributed by atoms with Crippen molar-refractivity contribution in [2.75, 3.05) is 27.4 Å². The molecule has 0 aromatic heterocycles. The maximum absolute atomic E-state index is 12.2. The normalized spacial score (nSPS) is 16.8. The van der Waals surface area contributed by atoms with Crippen molar-refractivity contribution < 1.29 is 28.6 Å². The molecule has 1 aliphatic heterocycles. The van der Waals surface area contributed by atoms with Crippen LogP contribution in [0.2, 0.25) is 0 Å². The van der Waals surface area contributed by atoms with Gasteiger partial charge in [0, 0.05) is 18.7 Å². The van der Waals surface area contributed by atoms with Crippen molar-refractivity contribution in [2.45, 2.75) is 25.3 Å². The highest BCUT2D eigenvalue weighted by Gasteiger charge is 2.30. The van der Waals surface area contributed by atoms with Gasteiger partial charge in [-0.1, -0.05) is 0 Å². The Hall–Kier alpha value is -3.03. The smallest absolute Gasteiger partial charge is 0.331 e. The molecule has 0 spiro atoms. The molecule has 8 nitrogen and oxygen atoms in total. The number of amides is 2. The number of likely N-dealkylation sites (tertiary alicyclic amines) is 1. The van der Waals surface area contributed by atoms with E-state index in [0.29, 0.717) is 30.0 Å². The van der Waals surface area contributed by atoms with Crippen molar-refractivity contribution in [1.82, 2.24) is 4.90 Å². The van der Waals surface area contributed by atoms with Gasteiger partial charge in [0.15, 0.2) is 6.61 Å². The van der Waals surface area contributed by atoms with Crippen molar-refractivity contribution in [3.63, 3.8) is 0 Å². The molecule has 146 valence electrons. The second-order valence-corrected chi connectivity index (χ2v) is 6.09. The molecule has 8 heteroatoms. The highest BCUT2D eigenvalue weighted by Crippen LogP contribution is 2.23. The van der Waals surface area contributed by atoms with Crippen molar-refractivity contribution in [2.24, 2.45) is 5.73 Å². The van der Waals surface area contributed by atoms with E-state index in [0.717, 1.165) is 12.8 Å². The first-order valence-electron chi connectivity index (χ1n) is 8.61. The number of nitrogens with zero attached hydrogens (tertiary/aromatic N) is 1. The number of ether oxygens (including phenoxy) is 3. The fourth-order valence-corrected chi connectivity index (χ4v) is 2.88. The van der Waals surface area contributed by atoms with Gasteiger partial charge in [-0.25, -0.2) is 4.79 Å². The number of rotatable bonds is 7. The SMILES string of the molecule is COc1cc(/C=C/C(=O)OCC(=O)N2CCCC[C@@H]2C(N)=O)cc(OC)c1. The molecule has 0 unspecified atom stereocenters. The predicted molar refractivity (Wildman–Crippen MR) is 98.1 cm³/mol. The van der Waals surface area contributed by atoms with Crippen LogP contribution in [0.3, 0.4) is 0 Å². The Labute approximate surface area is 157 Å². The van der Waals surface area contributed by atoms with Gasteiger partial charge in [0.25, 0.3) is 5.91 Å². The maximum Gasteiger partial charge on any atom is 0.331 e. The minimum Gasteiger partial charge on any atom is -0.497 e. The highest BCUT2D eigenvalue weighted by atomic mass is 16.5. The molecule has 2 rings (SSSR count). The molecule has 0 aliphatic carbocycles. The van der Waals surface area contributed by atoms with Gasteiger partial charge in [0.05, 0.1) is 14.2 Å². The van der Waals surface area contributed by atoms with Crippen molar-refractivity contribution >= 4 is 23.9 Å². The third-order valence-electron chi connectivity index (χ3n) is 4.28. The van der Waals surface area contributed by atoms with E-state index in [1.165, 1.54) is 31.3 Å². The zero-order chi connectivity index (χ0) is 19.8. The number of benzene rings is 1. The van der Waals surface area contributed by atoms with Gasteiger partial charge in [-0.2, -0.15) is 0 Å². The monoisotopic (exact) mass is 376 g/mol. The number of esters is 1. The van der Waals surface area contributed by atoms with Crippen LogP contribution in [-0.2, 0) is 19.1 Å². The van der Waals surface area contributed by atoms with Crippen molar-refractivity contribution in [3.8, 4) is 11.5 Å². The van der Waals surface area contributed by atoms with Gasteiger partial charge in [-0.05, 0) is 43.0 Å². The summed E-state index contributed by atoms with van der Waals surface area (Å²) in [5.41, 5.74) is 6.02. The first kappa shape index (κ1) is 20.3. The lowest BCUT2D eigenvalue weighted by molar-refractivity contribution is -0.151. The van der Waals surface area contributed by atoms with Gasteiger partial charge in [0.2, 0.25) is 5.91 Å². The Morgan fingerprint density at radius 3 is 2.41 bits per heavy atom. The van der Waals surface area contributed by atoms with Crippen LogP contribution in [0.5, 0.6) is 11.5 Å². The predicted octanol–water partition coefficient (Wildman–Crippen LogP) is 1.13. The maximum atomic E-state index is 12.2. The zero-order valence-electron chi connectivity index (χ0n) is 15.5. The van der Waals surface area contributed by atoms with Crippen LogP contribution in [-0.4, -0.2) is 56.1 Å². The van der Waals surface area contributed by atoms with E-state index in [2.05, 4.69) is 0 Å². The fourth-order valence-electron chi connectivity index (χ4n) is 2.88. The Morgan fingerprint density at radius 2 is 1.81 bits per heavy atom. The lowest BCUT2D eigenvalue weighted by Crippen LogP contribution is -2.51. The second-order valence-electron chi connectivity index (χ2n) is 6.09. The van der Waals surface area contributed by atoms with Gasteiger partial charge < -0.3 is 24.8 Å². The molecule has 2 N–H and O–H groups in total. The molecule has 1 atom stereocenters. The first-order chi connectivity index (χ1) is 12.9. The lowest BCUT2D eigenvalue weighted by atomic mass is 10.0. The van der Waals surface area contributed by atoms with E-state index in [-0.39, 0.29) is 0 Å². The summed E-state index contributed by atoms with van der Waals surface area (Å²) in [6.45, 7) is -0.00216. The third kappa shape index (κ3) is 5.73. The number of hydrogen-bond acceptors (Lipinski definition) is 6. The van der Waals surface area contributed by atoms with Gasteiger partial charge in [-0.3, -0.25) is 9.59 Å². The molecule has 27 heavy (non-hydrogen) atoms. The highest BCUT2D eigenvalue weighted by molar-refractivity contribution is 5.91. The summed E-state index contributed by atoms with van der Waals surface area (Å²) in [5, 5.41) is 0. The molecule has 1 aromatic carbocycles. The quantitative estimate of drug-likeness (QED) is 0.564. The van der Waals surface area contributed by atoms with Crippen LogP contribution in [0, 0.1) is 0 Å². The number of carbonyl (C=O) groups is 3. The van der Waals surface area contributed by atoms with Crippen molar-refractivity contribution in [1.29, 1.82) is 0 Å². The molecule has 0 radical (unpaired) electrons. The van der Waals surface area contributed by atoms with E-state index in [1.54, 1.807) is 18.2 Å². The number of hydrogen-bond donors (Lipinski definition) is 1. The average Bonchev–Trinajstić information content (AvgIpc) is 2.69. The molecular formula is C19H24N2O6. The van der Waals surface area contributed by atoms with Gasteiger partial charge >= 0.3 is 5.97 Å². The van der Waals surface area contributed by atoms with Crippen LogP contribution in [0.15, 0.2) is 24.3 Å². The van der Waals surface area contributed by atoms with Crippen molar-refractivity contribution in [3.05, 3.63) is 29.8 Å². The third-order valence-corrected chi connectivity index (χ3v) is 4.28. The second kappa shape index (κ2) is 9.61. The summed E-state index contributed by atoms with van der Waals surface area (Å²) < 4.78 is 15.3. The summed E-state index contributed by atoms with van der Waals surface area (Å²) >= 11 is 0. The number of carbonyl (C=O) groups excluding carboxylic acids is 3. The molecular weight excluding hydrogens is 352 g/mol. The van der Waals surface area contributed by atoms with E-state index in [9.17, 15) is 14.4 Å². The summed E-state index contributed by atoms with van der Waals surface area (Å²) in [6, 6.07) is 4.53. The average molecular weight is 376 g/mol.